The van der Waals surface area contributed by atoms with Crippen LogP contribution in [0.1, 0.15) is 5.56 Å². The molecule has 0 unspecified atom stereocenters. The first-order valence-electron chi connectivity index (χ1n) is 5.57. The van der Waals surface area contributed by atoms with Gasteiger partial charge in [-0.05, 0) is 13.0 Å². The summed E-state index contributed by atoms with van der Waals surface area (Å²) in [4.78, 5) is 31.3. The summed E-state index contributed by atoms with van der Waals surface area (Å²) < 4.78 is 0.679. The monoisotopic (exact) mass is 258 g/mol. The minimum Gasteiger partial charge on any atom is -0.426 e. The number of H-pyrrole nitrogens is 2. The maximum absolute atomic E-state index is 11.6. The molecule has 7 nitrogen and oxygen atoms in total. The first-order valence-corrected chi connectivity index (χ1v) is 5.57. The van der Waals surface area contributed by atoms with E-state index in [1.54, 1.807) is 6.07 Å². The molecule has 1 aromatic carbocycles. The maximum atomic E-state index is 11.6. The quantitative estimate of drug-likeness (QED) is 0.557. The van der Waals surface area contributed by atoms with E-state index in [0.29, 0.717) is 10.3 Å². The molecular formula is C12H10N4O3. The molecule has 7 heteroatoms. The number of nitrogens with one attached hydrogen (secondary N) is 2. The molecule has 0 radical (unpaired) electrons. The van der Waals surface area contributed by atoms with Crippen molar-refractivity contribution in [2.45, 2.75) is 6.92 Å². The van der Waals surface area contributed by atoms with Gasteiger partial charge < -0.3 is 5.21 Å². The van der Waals surface area contributed by atoms with Crippen molar-refractivity contribution in [2.24, 2.45) is 0 Å². The van der Waals surface area contributed by atoms with Gasteiger partial charge in [-0.1, -0.05) is 23.8 Å². The highest BCUT2D eigenvalue weighted by Gasteiger charge is 2.15. The Morgan fingerprint density at radius 3 is 2.79 bits per heavy atom. The van der Waals surface area contributed by atoms with Gasteiger partial charge in [-0.2, -0.15) is 4.73 Å². The largest absolute Gasteiger partial charge is 0.426 e. The number of aryl methyl sites for hydroxylation is 1. The maximum Gasteiger partial charge on any atom is 0.327 e. The molecule has 3 rings (SSSR count). The van der Waals surface area contributed by atoms with E-state index in [9.17, 15) is 14.8 Å². The van der Waals surface area contributed by atoms with Crippen LogP contribution >= 0.6 is 0 Å². The lowest BCUT2D eigenvalue weighted by Gasteiger charge is -2.01. The minimum absolute atomic E-state index is 0.0488. The zero-order valence-corrected chi connectivity index (χ0v) is 9.97. The van der Waals surface area contributed by atoms with Gasteiger partial charge >= 0.3 is 5.69 Å². The van der Waals surface area contributed by atoms with Crippen LogP contribution in [0.3, 0.4) is 0 Å². The van der Waals surface area contributed by atoms with Crippen molar-refractivity contribution in [2.75, 3.05) is 0 Å². The first-order chi connectivity index (χ1) is 9.06. The Bertz CT molecular complexity index is 888. The Kier molecular flexibility index (Phi) is 2.28. The fourth-order valence-corrected chi connectivity index (χ4v) is 1.98. The summed E-state index contributed by atoms with van der Waals surface area (Å²) in [7, 11) is 0. The Balaban J connectivity index is 2.38. The van der Waals surface area contributed by atoms with E-state index in [2.05, 4.69) is 9.97 Å². The van der Waals surface area contributed by atoms with E-state index in [1.807, 2.05) is 30.1 Å². The lowest BCUT2D eigenvalue weighted by molar-refractivity contribution is 0.202. The highest BCUT2D eigenvalue weighted by molar-refractivity contribution is 5.75. The first kappa shape index (κ1) is 11.3. The summed E-state index contributed by atoms with van der Waals surface area (Å²) in [5.41, 5.74) is 0.258. The second-order valence-electron chi connectivity index (χ2n) is 4.22. The second kappa shape index (κ2) is 3.84. The number of rotatable bonds is 1. The number of nitrogens with zero attached hydrogens (tertiary/aromatic N) is 2. The lowest BCUT2D eigenvalue weighted by atomic mass is 10.1. The van der Waals surface area contributed by atoms with Gasteiger partial charge in [-0.25, -0.2) is 9.78 Å². The smallest absolute Gasteiger partial charge is 0.327 e. The average Bonchev–Trinajstić information content (AvgIpc) is 2.66. The van der Waals surface area contributed by atoms with Gasteiger partial charge in [0.15, 0.2) is 17.0 Å². The number of fused-ring (bicyclic) bond motifs is 1. The summed E-state index contributed by atoms with van der Waals surface area (Å²) in [6, 6.07) is 7.30. The molecule has 0 spiro atoms. The standard InChI is InChI=1S/C12H10N4O3/c1-6-3-2-4-7(5-6)10-13-9-8(16(10)19)11(17)15-12(18)14-9/h2-5,19H,1H3,(H2,14,15,17,18). The number of imidazole rings is 1. The number of benzene rings is 1. The van der Waals surface area contributed by atoms with Crippen molar-refractivity contribution >= 4 is 11.2 Å². The van der Waals surface area contributed by atoms with Gasteiger partial charge in [0, 0.05) is 5.56 Å². The van der Waals surface area contributed by atoms with Gasteiger partial charge in [0.05, 0.1) is 0 Å². The van der Waals surface area contributed by atoms with E-state index in [1.165, 1.54) is 0 Å². The summed E-state index contributed by atoms with van der Waals surface area (Å²) >= 11 is 0. The topological polar surface area (TPSA) is 104 Å². The summed E-state index contributed by atoms with van der Waals surface area (Å²) in [5, 5.41) is 10.0. The van der Waals surface area contributed by atoms with Crippen molar-refractivity contribution in [1.82, 2.24) is 19.7 Å². The Labute approximate surface area is 106 Å². The Hall–Kier alpha value is -2.83. The fourth-order valence-electron chi connectivity index (χ4n) is 1.98. The molecule has 3 aromatic rings. The molecule has 19 heavy (non-hydrogen) atoms. The minimum atomic E-state index is -0.687. The number of aromatic amines is 2. The van der Waals surface area contributed by atoms with Crippen LogP contribution < -0.4 is 11.2 Å². The number of aromatic nitrogens is 4. The Morgan fingerprint density at radius 1 is 1.26 bits per heavy atom. The van der Waals surface area contributed by atoms with E-state index in [0.717, 1.165) is 5.56 Å². The number of hydrogen-bond donors (Lipinski definition) is 3. The van der Waals surface area contributed by atoms with Gasteiger partial charge in [0.2, 0.25) is 0 Å². The van der Waals surface area contributed by atoms with E-state index in [4.69, 9.17) is 0 Å². The molecule has 0 bridgehead atoms. The van der Waals surface area contributed by atoms with E-state index in [-0.39, 0.29) is 17.0 Å². The molecule has 0 fully saturated rings. The van der Waals surface area contributed by atoms with Crippen LogP contribution in [0.15, 0.2) is 33.9 Å². The third-order valence-electron chi connectivity index (χ3n) is 2.80. The SMILES string of the molecule is Cc1cccc(-c2nc3[nH]c(=O)[nH]c(=O)c3n2O)c1. The summed E-state index contributed by atoms with van der Waals surface area (Å²) in [6.07, 6.45) is 0. The van der Waals surface area contributed by atoms with Crippen molar-refractivity contribution in [3.05, 3.63) is 50.7 Å². The molecule has 2 heterocycles. The predicted octanol–water partition coefficient (Wildman–Crippen LogP) is 0.626. The average molecular weight is 258 g/mol. The van der Waals surface area contributed by atoms with E-state index < -0.39 is 11.2 Å². The number of hydrogen-bond acceptors (Lipinski definition) is 4. The molecule has 0 atom stereocenters. The zero-order valence-electron chi connectivity index (χ0n) is 9.97. The third kappa shape index (κ3) is 1.71. The molecule has 0 saturated heterocycles. The predicted molar refractivity (Wildman–Crippen MR) is 68.3 cm³/mol. The van der Waals surface area contributed by atoms with E-state index >= 15 is 0 Å². The molecule has 0 aliphatic heterocycles. The second-order valence-corrected chi connectivity index (χ2v) is 4.22. The normalized spacial score (nSPS) is 11.0. The third-order valence-corrected chi connectivity index (χ3v) is 2.80. The van der Waals surface area contributed by atoms with Crippen LogP contribution in [0.2, 0.25) is 0 Å². The molecule has 96 valence electrons. The summed E-state index contributed by atoms with van der Waals surface area (Å²) in [6.45, 7) is 1.91. The van der Waals surface area contributed by atoms with Gasteiger partial charge in [0.1, 0.15) is 0 Å². The van der Waals surface area contributed by atoms with Crippen LogP contribution in [-0.4, -0.2) is 24.9 Å². The zero-order chi connectivity index (χ0) is 13.6. The van der Waals surface area contributed by atoms with Gasteiger partial charge in [-0.3, -0.25) is 14.8 Å². The van der Waals surface area contributed by atoms with Crippen molar-refractivity contribution in [3.63, 3.8) is 0 Å². The van der Waals surface area contributed by atoms with Crippen LogP contribution in [0, 0.1) is 6.92 Å². The van der Waals surface area contributed by atoms with Crippen LogP contribution in [-0.2, 0) is 0 Å². The van der Waals surface area contributed by atoms with Gasteiger partial charge in [0.25, 0.3) is 5.56 Å². The fraction of sp³-hybridized carbons (Fsp3) is 0.0833. The van der Waals surface area contributed by atoms with Crippen LogP contribution in [0.4, 0.5) is 0 Å². The molecular weight excluding hydrogens is 248 g/mol. The Morgan fingerprint density at radius 2 is 2.05 bits per heavy atom. The summed E-state index contributed by atoms with van der Waals surface area (Å²) in [5.74, 6) is 0.200. The molecule has 3 N–H and O–H groups in total. The molecule has 0 saturated carbocycles. The lowest BCUT2D eigenvalue weighted by Crippen LogP contribution is -2.23. The van der Waals surface area contributed by atoms with Crippen molar-refractivity contribution < 1.29 is 5.21 Å². The molecule has 0 aliphatic carbocycles. The van der Waals surface area contributed by atoms with Crippen molar-refractivity contribution in [1.29, 1.82) is 0 Å². The van der Waals surface area contributed by atoms with Crippen molar-refractivity contribution in [3.8, 4) is 11.4 Å². The van der Waals surface area contributed by atoms with Crippen LogP contribution in [0.25, 0.3) is 22.6 Å². The molecule has 0 amide bonds. The van der Waals surface area contributed by atoms with Gasteiger partial charge in [-0.15, -0.1) is 0 Å². The van der Waals surface area contributed by atoms with Crippen LogP contribution in [0.5, 0.6) is 0 Å². The molecule has 0 aliphatic rings. The highest BCUT2D eigenvalue weighted by atomic mass is 16.5. The molecule has 2 aromatic heterocycles. The highest BCUT2D eigenvalue weighted by Crippen LogP contribution is 2.20.